The van der Waals surface area contributed by atoms with E-state index in [1.807, 2.05) is 0 Å². The summed E-state index contributed by atoms with van der Waals surface area (Å²) >= 11 is 0. The molecule has 9 aromatic rings. The van der Waals surface area contributed by atoms with E-state index in [4.69, 9.17) is 4.42 Å². The van der Waals surface area contributed by atoms with E-state index in [0.29, 0.717) is 0 Å². The number of furan rings is 1. The fraction of sp³-hybridized carbons (Fsp3) is 0.0270. The van der Waals surface area contributed by atoms with Gasteiger partial charge in [-0.05, 0) is 80.5 Å². The zero-order valence-electron chi connectivity index (χ0n) is 21.4. The minimum absolute atomic E-state index is 0.920. The normalized spacial score (nSPS) is 12.2. The van der Waals surface area contributed by atoms with E-state index in [1.54, 1.807) is 0 Å². The van der Waals surface area contributed by atoms with Crippen molar-refractivity contribution in [2.45, 2.75) is 6.92 Å². The summed E-state index contributed by atoms with van der Waals surface area (Å²) in [6, 6.07) is 44.0. The summed E-state index contributed by atoms with van der Waals surface area (Å²) in [7, 11) is 0. The van der Waals surface area contributed by atoms with Crippen LogP contribution < -0.4 is 4.90 Å². The topological polar surface area (TPSA) is 16.4 Å². The average molecular weight is 498 g/mol. The molecule has 182 valence electrons. The molecule has 0 saturated heterocycles. The molecule has 1 aromatic heterocycles. The molecular formula is C37H23NO. The fourth-order valence-corrected chi connectivity index (χ4v) is 6.70. The molecule has 0 radical (unpaired) electrons. The van der Waals surface area contributed by atoms with Crippen LogP contribution in [0.2, 0.25) is 0 Å². The maximum Gasteiger partial charge on any atom is 0.138 e. The third-order valence-electron chi connectivity index (χ3n) is 8.46. The highest BCUT2D eigenvalue weighted by Crippen LogP contribution is 2.46. The Labute approximate surface area is 225 Å². The molecule has 9 rings (SSSR count). The summed E-state index contributed by atoms with van der Waals surface area (Å²) in [6.07, 6.45) is 0. The Kier molecular flexibility index (Phi) is 4.02. The number of aryl methyl sites for hydroxylation is 1. The van der Waals surface area contributed by atoms with Gasteiger partial charge in [0.05, 0.1) is 11.4 Å². The quantitative estimate of drug-likeness (QED) is 0.226. The Balaban J connectivity index is 1.39. The van der Waals surface area contributed by atoms with Gasteiger partial charge in [0, 0.05) is 27.9 Å². The van der Waals surface area contributed by atoms with E-state index in [9.17, 15) is 0 Å². The lowest BCUT2D eigenvalue weighted by Gasteiger charge is -2.28. The Morgan fingerprint density at radius 3 is 2.00 bits per heavy atom. The second kappa shape index (κ2) is 7.49. The van der Waals surface area contributed by atoms with Crippen LogP contribution >= 0.6 is 0 Å². The third kappa shape index (κ3) is 2.81. The number of hydrogen-bond acceptors (Lipinski definition) is 2. The number of hydrogen-bond donors (Lipinski definition) is 0. The summed E-state index contributed by atoms with van der Waals surface area (Å²) < 4.78 is 6.44. The van der Waals surface area contributed by atoms with E-state index in [1.165, 1.54) is 59.4 Å². The number of anilines is 3. The van der Waals surface area contributed by atoms with Crippen molar-refractivity contribution in [3.05, 3.63) is 127 Å². The highest BCUT2D eigenvalue weighted by Gasteiger charge is 2.21. The maximum atomic E-state index is 6.44. The van der Waals surface area contributed by atoms with Crippen molar-refractivity contribution < 1.29 is 4.42 Å². The molecule has 0 fully saturated rings. The molecule has 39 heavy (non-hydrogen) atoms. The standard InChI is InChI=1S/C37H23NO/c1-22-10-11-24-15-18-30-31(19-16-25-14-17-29(22)34(24)35(25)30)38(27-7-3-2-4-8-27)28-20-26-13-12-23-6-5-9-32-36(23)37(26)33(21-28)39-32/h2-21H,1H3. The van der Waals surface area contributed by atoms with Gasteiger partial charge in [0.2, 0.25) is 0 Å². The molecule has 8 aromatic carbocycles. The van der Waals surface area contributed by atoms with E-state index in [-0.39, 0.29) is 0 Å². The van der Waals surface area contributed by atoms with Crippen molar-refractivity contribution in [3.63, 3.8) is 0 Å². The summed E-state index contributed by atoms with van der Waals surface area (Å²) in [5.41, 5.74) is 6.53. The Hall–Kier alpha value is -5.08. The summed E-state index contributed by atoms with van der Waals surface area (Å²) in [6.45, 7) is 2.20. The van der Waals surface area contributed by atoms with Crippen LogP contribution in [0.4, 0.5) is 17.1 Å². The summed E-state index contributed by atoms with van der Waals surface area (Å²) in [4.78, 5) is 2.38. The molecule has 0 spiro atoms. The number of benzene rings is 8. The van der Waals surface area contributed by atoms with Crippen molar-refractivity contribution in [1.29, 1.82) is 0 Å². The zero-order valence-corrected chi connectivity index (χ0v) is 21.4. The smallest absolute Gasteiger partial charge is 0.138 e. The van der Waals surface area contributed by atoms with Crippen LogP contribution in [-0.4, -0.2) is 0 Å². The van der Waals surface area contributed by atoms with Crippen molar-refractivity contribution in [1.82, 2.24) is 0 Å². The molecular weight excluding hydrogens is 474 g/mol. The number of rotatable bonds is 3. The van der Waals surface area contributed by atoms with Gasteiger partial charge in [-0.2, -0.15) is 0 Å². The molecule has 0 atom stereocenters. The van der Waals surface area contributed by atoms with Gasteiger partial charge >= 0.3 is 0 Å². The predicted octanol–water partition coefficient (Wildman–Crippen LogP) is 10.9. The van der Waals surface area contributed by atoms with Crippen LogP contribution in [0.15, 0.2) is 126 Å². The maximum absolute atomic E-state index is 6.44. The first-order chi connectivity index (χ1) is 19.2. The second-order valence-corrected chi connectivity index (χ2v) is 10.6. The van der Waals surface area contributed by atoms with Crippen LogP contribution in [0.3, 0.4) is 0 Å². The van der Waals surface area contributed by atoms with Crippen molar-refractivity contribution in [2.75, 3.05) is 4.90 Å². The van der Waals surface area contributed by atoms with E-state index in [2.05, 4.69) is 133 Å². The van der Waals surface area contributed by atoms with Gasteiger partial charge in [0.1, 0.15) is 11.2 Å². The zero-order chi connectivity index (χ0) is 25.7. The Morgan fingerprint density at radius 2 is 1.13 bits per heavy atom. The lowest BCUT2D eigenvalue weighted by molar-refractivity contribution is 0.669. The van der Waals surface area contributed by atoms with Crippen LogP contribution in [0, 0.1) is 6.92 Å². The largest absolute Gasteiger partial charge is 0.456 e. The third-order valence-corrected chi connectivity index (χ3v) is 8.46. The molecule has 0 unspecified atom stereocenters. The van der Waals surface area contributed by atoms with Gasteiger partial charge in [-0.1, -0.05) is 84.9 Å². The first-order valence-corrected chi connectivity index (χ1v) is 13.4. The molecule has 0 aliphatic rings. The van der Waals surface area contributed by atoms with E-state index in [0.717, 1.165) is 28.2 Å². The second-order valence-electron chi connectivity index (χ2n) is 10.6. The van der Waals surface area contributed by atoms with Gasteiger partial charge in [-0.15, -0.1) is 0 Å². The molecule has 0 bridgehead atoms. The first kappa shape index (κ1) is 20.9. The van der Waals surface area contributed by atoms with E-state index < -0.39 is 0 Å². The highest BCUT2D eigenvalue weighted by molar-refractivity contribution is 6.27. The molecule has 0 aliphatic carbocycles. The van der Waals surface area contributed by atoms with Crippen LogP contribution in [0.25, 0.3) is 65.0 Å². The fourth-order valence-electron chi connectivity index (χ4n) is 6.70. The summed E-state index contributed by atoms with van der Waals surface area (Å²) in [5.74, 6) is 0. The lowest BCUT2D eigenvalue weighted by atomic mass is 9.91. The van der Waals surface area contributed by atoms with Crippen molar-refractivity contribution >= 4 is 82.1 Å². The Bertz CT molecular complexity index is 2340. The van der Waals surface area contributed by atoms with Gasteiger partial charge in [-0.3, -0.25) is 0 Å². The molecule has 0 saturated carbocycles. The lowest BCUT2D eigenvalue weighted by Crippen LogP contribution is -2.10. The highest BCUT2D eigenvalue weighted by atomic mass is 16.3. The van der Waals surface area contributed by atoms with Gasteiger partial charge in [0.15, 0.2) is 0 Å². The van der Waals surface area contributed by atoms with Gasteiger partial charge in [-0.25, -0.2) is 0 Å². The molecule has 0 aliphatic heterocycles. The van der Waals surface area contributed by atoms with Crippen LogP contribution in [-0.2, 0) is 0 Å². The molecule has 1 heterocycles. The van der Waals surface area contributed by atoms with Crippen LogP contribution in [0.1, 0.15) is 5.56 Å². The monoisotopic (exact) mass is 497 g/mol. The minimum Gasteiger partial charge on any atom is -0.456 e. The van der Waals surface area contributed by atoms with Crippen molar-refractivity contribution in [2.24, 2.45) is 0 Å². The average Bonchev–Trinajstić information content (AvgIpc) is 3.36. The summed E-state index contributed by atoms with van der Waals surface area (Å²) in [5, 5.41) is 12.6. The van der Waals surface area contributed by atoms with E-state index >= 15 is 0 Å². The predicted molar refractivity (Wildman–Crippen MR) is 166 cm³/mol. The van der Waals surface area contributed by atoms with Gasteiger partial charge in [0.25, 0.3) is 0 Å². The molecule has 0 N–H and O–H groups in total. The first-order valence-electron chi connectivity index (χ1n) is 13.4. The molecule has 2 heteroatoms. The number of nitrogens with zero attached hydrogens (tertiary/aromatic N) is 1. The Morgan fingerprint density at radius 1 is 0.462 bits per heavy atom. The SMILES string of the molecule is Cc1ccc2ccc3c(N(c4ccccc4)c4cc5ccc6cccc7oc(c4)c5c67)ccc4ccc1c2c43. The van der Waals surface area contributed by atoms with Gasteiger partial charge < -0.3 is 9.32 Å². The van der Waals surface area contributed by atoms with Crippen molar-refractivity contribution in [3.8, 4) is 0 Å². The molecule has 2 nitrogen and oxygen atoms in total. The molecule has 0 amide bonds. The van der Waals surface area contributed by atoms with Crippen LogP contribution in [0.5, 0.6) is 0 Å². The minimum atomic E-state index is 0.920. The number of para-hydroxylation sites is 1.